The molecule has 0 spiro atoms. The van der Waals surface area contributed by atoms with Gasteiger partial charge in [0.2, 0.25) is 0 Å². The lowest BCUT2D eigenvalue weighted by molar-refractivity contribution is -0.384. The molecule has 22 heavy (non-hydrogen) atoms. The lowest BCUT2D eigenvalue weighted by Gasteiger charge is -2.26. The van der Waals surface area contributed by atoms with E-state index in [1.807, 2.05) is 0 Å². The monoisotopic (exact) mass is 328 g/mol. The molecule has 0 unspecified atom stereocenters. The molecule has 0 saturated carbocycles. The van der Waals surface area contributed by atoms with Gasteiger partial charge in [-0.05, 0) is 12.1 Å². The standard InChI is InChI=1S/C13H13ClN2O6/c14-10-2-1-9(7-11(10)16(19)20)13(18)22-8-12(17)15-3-5-21-6-4-15/h1-2,7H,3-6,8H2. The van der Waals surface area contributed by atoms with E-state index in [-0.39, 0.29) is 16.5 Å². The van der Waals surface area contributed by atoms with Crippen molar-refractivity contribution >= 4 is 29.2 Å². The molecule has 0 aromatic heterocycles. The van der Waals surface area contributed by atoms with Gasteiger partial charge in [0.25, 0.3) is 11.6 Å². The summed E-state index contributed by atoms with van der Waals surface area (Å²) in [5.74, 6) is -1.15. The molecule has 1 heterocycles. The number of nitro groups is 1. The molecule has 1 amide bonds. The van der Waals surface area contributed by atoms with Crippen molar-refractivity contribution in [2.24, 2.45) is 0 Å². The zero-order chi connectivity index (χ0) is 16.1. The zero-order valence-corrected chi connectivity index (χ0v) is 12.2. The third kappa shape index (κ3) is 3.92. The Bertz CT molecular complexity index is 600. The highest BCUT2D eigenvalue weighted by molar-refractivity contribution is 6.32. The summed E-state index contributed by atoms with van der Waals surface area (Å²) in [6.07, 6.45) is 0. The van der Waals surface area contributed by atoms with Gasteiger partial charge in [0.05, 0.1) is 23.7 Å². The minimum absolute atomic E-state index is 0.0362. The summed E-state index contributed by atoms with van der Waals surface area (Å²) in [5.41, 5.74) is -0.429. The molecule has 0 radical (unpaired) electrons. The van der Waals surface area contributed by atoms with E-state index in [2.05, 4.69) is 0 Å². The number of hydrogen-bond acceptors (Lipinski definition) is 6. The molecule has 0 atom stereocenters. The van der Waals surface area contributed by atoms with Crippen molar-refractivity contribution in [2.45, 2.75) is 0 Å². The Kier molecular flexibility index (Phi) is 5.29. The summed E-state index contributed by atoms with van der Waals surface area (Å²) in [7, 11) is 0. The molecule has 8 nitrogen and oxygen atoms in total. The first kappa shape index (κ1) is 16.2. The van der Waals surface area contributed by atoms with Crippen molar-refractivity contribution in [3.63, 3.8) is 0 Å². The molecule has 1 saturated heterocycles. The molecule has 0 bridgehead atoms. The van der Waals surface area contributed by atoms with Crippen LogP contribution in [0.2, 0.25) is 5.02 Å². The fourth-order valence-electron chi connectivity index (χ4n) is 1.89. The van der Waals surface area contributed by atoms with E-state index in [1.165, 1.54) is 17.0 Å². The van der Waals surface area contributed by atoms with Crippen LogP contribution in [0.3, 0.4) is 0 Å². The van der Waals surface area contributed by atoms with Gasteiger partial charge in [0, 0.05) is 19.2 Å². The van der Waals surface area contributed by atoms with Crippen molar-refractivity contribution in [3.8, 4) is 0 Å². The Hall–Kier alpha value is -2.19. The number of benzene rings is 1. The first-order valence-corrected chi connectivity index (χ1v) is 6.83. The maximum Gasteiger partial charge on any atom is 0.338 e. The summed E-state index contributed by atoms with van der Waals surface area (Å²) in [6, 6.07) is 3.56. The number of amides is 1. The first-order valence-electron chi connectivity index (χ1n) is 6.45. The topological polar surface area (TPSA) is 99.0 Å². The molecule has 1 aromatic carbocycles. The molecule has 0 aliphatic carbocycles. The van der Waals surface area contributed by atoms with Gasteiger partial charge in [-0.3, -0.25) is 14.9 Å². The molecule has 1 fully saturated rings. The highest BCUT2D eigenvalue weighted by Gasteiger charge is 2.20. The maximum absolute atomic E-state index is 11.8. The van der Waals surface area contributed by atoms with Gasteiger partial charge in [-0.1, -0.05) is 11.6 Å². The van der Waals surface area contributed by atoms with Gasteiger partial charge in [-0.2, -0.15) is 0 Å². The fourth-order valence-corrected chi connectivity index (χ4v) is 2.08. The molecule has 1 aliphatic rings. The third-order valence-electron chi connectivity index (χ3n) is 3.07. The molecule has 1 aliphatic heterocycles. The molecular formula is C13H13ClN2O6. The summed E-state index contributed by atoms with van der Waals surface area (Å²) >= 11 is 5.66. The predicted molar refractivity (Wildman–Crippen MR) is 75.8 cm³/mol. The Balaban J connectivity index is 1.96. The van der Waals surface area contributed by atoms with Crippen molar-refractivity contribution in [1.82, 2.24) is 4.90 Å². The zero-order valence-electron chi connectivity index (χ0n) is 11.5. The quantitative estimate of drug-likeness (QED) is 0.469. The average Bonchev–Trinajstić information content (AvgIpc) is 2.53. The van der Waals surface area contributed by atoms with Crippen LogP contribution >= 0.6 is 11.6 Å². The lowest BCUT2D eigenvalue weighted by Crippen LogP contribution is -2.42. The summed E-state index contributed by atoms with van der Waals surface area (Å²) in [5, 5.41) is 10.7. The molecule has 9 heteroatoms. The van der Waals surface area contributed by atoms with Gasteiger partial charge in [0.1, 0.15) is 5.02 Å². The first-order chi connectivity index (χ1) is 10.5. The van der Waals surface area contributed by atoms with Crippen molar-refractivity contribution < 1.29 is 24.0 Å². The number of esters is 1. The van der Waals surface area contributed by atoms with Crippen LogP contribution in [0.25, 0.3) is 0 Å². The normalized spacial score (nSPS) is 14.5. The molecular weight excluding hydrogens is 316 g/mol. The Labute approximate surface area is 130 Å². The summed E-state index contributed by atoms with van der Waals surface area (Å²) in [4.78, 5) is 35.3. The van der Waals surface area contributed by atoms with Crippen molar-refractivity contribution in [3.05, 3.63) is 38.9 Å². The number of rotatable bonds is 4. The number of halogens is 1. The Morgan fingerprint density at radius 3 is 2.68 bits per heavy atom. The second-order valence-corrected chi connectivity index (χ2v) is 4.90. The average molecular weight is 329 g/mol. The van der Waals surface area contributed by atoms with E-state index in [1.54, 1.807) is 0 Å². The van der Waals surface area contributed by atoms with E-state index in [0.29, 0.717) is 26.3 Å². The van der Waals surface area contributed by atoms with E-state index < -0.39 is 23.2 Å². The molecule has 1 aromatic rings. The van der Waals surface area contributed by atoms with Gasteiger partial charge in [-0.25, -0.2) is 4.79 Å². The van der Waals surface area contributed by atoms with Crippen LogP contribution in [-0.4, -0.2) is 54.6 Å². The molecule has 2 rings (SSSR count). The lowest BCUT2D eigenvalue weighted by atomic mass is 10.2. The predicted octanol–water partition coefficient (Wildman–Crippen LogP) is 1.26. The number of carbonyl (C=O) groups excluding carboxylic acids is 2. The van der Waals surface area contributed by atoms with Crippen LogP contribution in [0.5, 0.6) is 0 Å². The second kappa shape index (κ2) is 7.19. The SMILES string of the molecule is O=C(OCC(=O)N1CCOCC1)c1ccc(Cl)c([N+](=O)[O-])c1. The van der Waals surface area contributed by atoms with Crippen molar-refractivity contribution in [1.29, 1.82) is 0 Å². The molecule has 118 valence electrons. The van der Waals surface area contributed by atoms with Crippen LogP contribution in [0.15, 0.2) is 18.2 Å². The van der Waals surface area contributed by atoms with E-state index in [4.69, 9.17) is 21.1 Å². The number of nitrogens with zero attached hydrogens (tertiary/aromatic N) is 2. The third-order valence-corrected chi connectivity index (χ3v) is 3.39. The minimum atomic E-state index is -0.818. The number of carbonyl (C=O) groups is 2. The van der Waals surface area contributed by atoms with Gasteiger partial charge in [0.15, 0.2) is 6.61 Å². The second-order valence-electron chi connectivity index (χ2n) is 4.49. The minimum Gasteiger partial charge on any atom is -0.452 e. The highest BCUT2D eigenvalue weighted by Crippen LogP contribution is 2.25. The van der Waals surface area contributed by atoms with Crippen LogP contribution in [0, 0.1) is 10.1 Å². The van der Waals surface area contributed by atoms with Crippen molar-refractivity contribution in [2.75, 3.05) is 32.9 Å². The fraction of sp³-hybridized carbons (Fsp3) is 0.385. The number of ether oxygens (including phenoxy) is 2. The summed E-state index contributed by atoms with van der Waals surface area (Å²) < 4.78 is 9.99. The Morgan fingerprint density at radius 1 is 1.36 bits per heavy atom. The van der Waals surface area contributed by atoms with Crippen LogP contribution in [0.1, 0.15) is 10.4 Å². The van der Waals surface area contributed by atoms with Crippen LogP contribution in [0.4, 0.5) is 5.69 Å². The number of hydrogen-bond donors (Lipinski definition) is 0. The van der Waals surface area contributed by atoms with E-state index in [0.717, 1.165) is 6.07 Å². The van der Waals surface area contributed by atoms with E-state index in [9.17, 15) is 19.7 Å². The van der Waals surface area contributed by atoms with Crippen LogP contribution in [-0.2, 0) is 14.3 Å². The van der Waals surface area contributed by atoms with E-state index >= 15 is 0 Å². The number of nitro benzene ring substituents is 1. The largest absolute Gasteiger partial charge is 0.452 e. The van der Waals surface area contributed by atoms with Gasteiger partial charge < -0.3 is 14.4 Å². The summed E-state index contributed by atoms with van der Waals surface area (Å²) in [6.45, 7) is 1.37. The molecule has 0 N–H and O–H groups in total. The number of morpholine rings is 1. The Morgan fingerprint density at radius 2 is 2.05 bits per heavy atom. The van der Waals surface area contributed by atoms with Crippen LogP contribution < -0.4 is 0 Å². The smallest absolute Gasteiger partial charge is 0.338 e. The van der Waals surface area contributed by atoms with Gasteiger partial charge in [-0.15, -0.1) is 0 Å². The maximum atomic E-state index is 11.8. The van der Waals surface area contributed by atoms with Gasteiger partial charge >= 0.3 is 5.97 Å². The highest BCUT2D eigenvalue weighted by atomic mass is 35.5.